The third-order valence-corrected chi connectivity index (χ3v) is 5.34. The van der Waals surface area contributed by atoms with Gasteiger partial charge in [0.05, 0.1) is 10.8 Å². The van der Waals surface area contributed by atoms with Crippen LogP contribution in [0.4, 0.5) is 0 Å². The summed E-state index contributed by atoms with van der Waals surface area (Å²) in [7, 11) is 0. The fourth-order valence-corrected chi connectivity index (χ4v) is 3.86. The molecule has 0 spiro atoms. The van der Waals surface area contributed by atoms with E-state index in [1.54, 1.807) is 0 Å². The van der Waals surface area contributed by atoms with Crippen LogP contribution in [-0.2, 0) is 11.3 Å². The summed E-state index contributed by atoms with van der Waals surface area (Å²) >= 11 is 1.44. The van der Waals surface area contributed by atoms with Crippen molar-refractivity contribution in [3.05, 3.63) is 53.9 Å². The van der Waals surface area contributed by atoms with Gasteiger partial charge in [0.1, 0.15) is 10.9 Å². The van der Waals surface area contributed by atoms with Gasteiger partial charge in [-0.2, -0.15) is 0 Å². The number of fused-ring (bicyclic) bond motifs is 2. The molecule has 7 heteroatoms. The van der Waals surface area contributed by atoms with Crippen LogP contribution in [0.25, 0.3) is 10.9 Å². The molecular weight excluding hydrogens is 362 g/mol. The lowest BCUT2D eigenvalue weighted by Crippen LogP contribution is -2.30. The maximum absolute atomic E-state index is 12.5. The first-order valence-electron chi connectivity index (χ1n) is 8.66. The van der Waals surface area contributed by atoms with Gasteiger partial charge in [0.25, 0.3) is 0 Å². The summed E-state index contributed by atoms with van der Waals surface area (Å²) < 4.78 is 10.7. The van der Waals surface area contributed by atoms with Crippen LogP contribution in [-0.4, -0.2) is 27.9 Å². The zero-order chi connectivity index (χ0) is 18.8. The van der Waals surface area contributed by atoms with Crippen molar-refractivity contribution in [3.63, 3.8) is 0 Å². The smallest absolute Gasteiger partial charge is 0.233 e. The molecule has 1 amide bonds. The standard InChI is InChI=1S/C20H19N3O3S/c1-12(27-20-15-5-3-4-6-16(15)22-13(2)23-20)19(24)21-10-14-7-8-17-18(9-14)26-11-25-17/h3-9,12H,10-11H2,1-2H3,(H,21,24)/t12-/m0/s1. The molecule has 4 rings (SSSR count). The van der Waals surface area contributed by atoms with Crippen molar-refractivity contribution in [3.8, 4) is 11.5 Å². The van der Waals surface area contributed by atoms with Crippen LogP contribution < -0.4 is 14.8 Å². The Morgan fingerprint density at radius 1 is 1.19 bits per heavy atom. The minimum Gasteiger partial charge on any atom is -0.454 e. The number of hydrogen-bond donors (Lipinski definition) is 1. The molecule has 138 valence electrons. The number of ether oxygens (including phenoxy) is 2. The van der Waals surface area contributed by atoms with Gasteiger partial charge in [0.2, 0.25) is 12.7 Å². The predicted molar refractivity (Wildman–Crippen MR) is 104 cm³/mol. The molecule has 0 saturated carbocycles. The zero-order valence-electron chi connectivity index (χ0n) is 15.1. The molecule has 1 atom stereocenters. The Labute approximate surface area is 161 Å². The summed E-state index contributed by atoms with van der Waals surface area (Å²) in [6, 6.07) is 13.5. The number of amides is 1. The van der Waals surface area contributed by atoms with Crippen molar-refractivity contribution in [2.75, 3.05) is 6.79 Å². The van der Waals surface area contributed by atoms with E-state index in [-0.39, 0.29) is 18.0 Å². The number of nitrogens with one attached hydrogen (secondary N) is 1. The highest BCUT2D eigenvalue weighted by Gasteiger charge is 2.18. The second kappa shape index (κ2) is 7.44. The summed E-state index contributed by atoms with van der Waals surface area (Å²) in [5.74, 6) is 2.11. The molecule has 1 aromatic heterocycles. The molecule has 0 unspecified atom stereocenters. The first-order valence-corrected chi connectivity index (χ1v) is 9.54. The molecular formula is C20H19N3O3S. The first-order chi connectivity index (χ1) is 13.1. The lowest BCUT2D eigenvalue weighted by Gasteiger charge is -2.13. The average Bonchev–Trinajstić information content (AvgIpc) is 3.13. The summed E-state index contributed by atoms with van der Waals surface area (Å²) in [5, 5.41) is 4.48. The molecule has 2 aromatic carbocycles. The van der Waals surface area contributed by atoms with Gasteiger partial charge in [-0.05, 0) is 37.6 Å². The molecule has 0 aliphatic carbocycles. The van der Waals surface area contributed by atoms with Gasteiger partial charge in [-0.25, -0.2) is 9.97 Å². The fourth-order valence-electron chi connectivity index (χ4n) is 2.85. The molecule has 1 aliphatic heterocycles. The largest absolute Gasteiger partial charge is 0.454 e. The molecule has 1 N–H and O–H groups in total. The Morgan fingerprint density at radius 2 is 2.00 bits per heavy atom. The Balaban J connectivity index is 1.42. The lowest BCUT2D eigenvalue weighted by molar-refractivity contribution is -0.120. The molecule has 3 aromatic rings. The lowest BCUT2D eigenvalue weighted by atomic mass is 10.2. The van der Waals surface area contributed by atoms with E-state index in [0.29, 0.717) is 18.1 Å². The van der Waals surface area contributed by atoms with Gasteiger partial charge in [-0.1, -0.05) is 36.0 Å². The second-order valence-electron chi connectivity index (χ2n) is 6.26. The quantitative estimate of drug-likeness (QED) is 0.539. The predicted octanol–water partition coefficient (Wildman–Crippen LogP) is 3.46. The molecule has 0 saturated heterocycles. The van der Waals surface area contributed by atoms with E-state index in [1.807, 2.05) is 56.3 Å². The number of thioether (sulfide) groups is 1. The highest BCUT2D eigenvalue weighted by molar-refractivity contribution is 8.00. The SMILES string of the molecule is Cc1nc(S[C@@H](C)C(=O)NCc2ccc3c(c2)OCO3)c2ccccc2n1. The molecule has 0 radical (unpaired) electrons. The van der Waals surface area contributed by atoms with Crippen LogP contribution in [0.1, 0.15) is 18.3 Å². The summed E-state index contributed by atoms with van der Waals surface area (Å²) in [6.07, 6.45) is 0. The number of carbonyl (C=O) groups is 1. The van der Waals surface area contributed by atoms with Crippen LogP contribution in [0.15, 0.2) is 47.5 Å². The summed E-state index contributed by atoms with van der Waals surface area (Å²) in [6.45, 7) is 4.42. The number of hydrogen-bond acceptors (Lipinski definition) is 6. The van der Waals surface area contributed by atoms with Gasteiger partial charge >= 0.3 is 0 Å². The van der Waals surface area contributed by atoms with E-state index < -0.39 is 0 Å². The second-order valence-corrected chi connectivity index (χ2v) is 7.59. The average molecular weight is 381 g/mol. The Bertz CT molecular complexity index is 1010. The molecule has 2 heterocycles. The zero-order valence-corrected chi connectivity index (χ0v) is 15.9. The van der Waals surface area contributed by atoms with Crippen LogP contribution in [0, 0.1) is 6.92 Å². The maximum Gasteiger partial charge on any atom is 0.233 e. The van der Waals surface area contributed by atoms with Gasteiger partial charge in [0.15, 0.2) is 11.5 Å². The third-order valence-electron chi connectivity index (χ3n) is 4.24. The topological polar surface area (TPSA) is 73.3 Å². The van der Waals surface area contributed by atoms with Gasteiger partial charge < -0.3 is 14.8 Å². The van der Waals surface area contributed by atoms with Crippen molar-refractivity contribution in [2.45, 2.75) is 30.7 Å². The monoisotopic (exact) mass is 381 g/mol. The number of nitrogens with zero attached hydrogens (tertiary/aromatic N) is 2. The fraction of sp³-hybridized carbons (Fsp3) is 0.250. The van der Waals surface area contributed by atoms with Crippen molar-refractivity contribution in [1.29, 1.82) is 0 Å². The number of rotatable bonds is 5. The third kappa shape index (κ3) is 3.83. The Hall–Kier alpha value is -2.80. The highest BCUT2D eigenvalue weighted by atomic mass is 32.2. The van der Waals surface area contributed by atoms with E-state index in [9.17, 15) is 4.79 Å². The molecule has 0 fully saturated rings. The molecule has 0 bridgehead atoms. The summed E-state index contributed by atoms with van der Waals surface area (Å²) in [5.41, 5.74) is 1.86. The number of aryl methyl sites for hydroxylation is 1. The number of aromatic nitrogens is 2. The minimum atomic E-state index is -0.281. The number of para-hydroxylation sites is 1. The van der Waals surface area contributed by atoms with Crippen molar-refractivity contribution < 1.29 is 14.3 Å². The number of carbonyl (C=O) groups excluding carboxylic acids is 1. The van der Waals surface area contributed by atoms with Crippen molar-refractivity contribution in [1.82, 2.24) is 15.3 Å². The molecule has 6 nitrogen and oxygen atoms in total. The van der Waals surface area contributed by atoms with Crippen LogP contribution in [0.2, 0.25) is 0 Å². The maximum atomic E-state index is 12.5. The van der Waals surface area contributed by atoms with E-state index in [4.69, 9.17) is 9.47 Å². The number of benzene rings is 2. The Morgan fingerprint density at radius 3 is 2.89 bits per heavy atom. The van der Waals surface area contributed by atoms with Crippen molar-refractivity contribution >= 4 is 28.6 Å². The van der Waals surface area contributed by atoms with Crippen LogP contribution in [0.5, 0.6) is 11.5 Å². The highest BCUT2D eigenvalue weighted by Crippen LogP contribution is 2.32. The first kappa shape index (κ1) is 17.6. The van der Waals surface area contributed by atoms with Crippen molar-refractivity contribution in [2.24, 2.45) is 0 Å². The van der Waals surface area contributed by atoms with E-state index in [2.05, 4.69) is 15.3 Å². The Kier molecular flexibility index (Phi) is 4.85. The van der Waals surface area contributed by atoms with E-state index in [0.717, 1.165) is 27.2 Å². The minimum absolute atomic E-state index is 0.0435. The van der Waals surface area contributed by atoms with Gasteiger partial charge in [-0.15, -0.1) is 0 Å². The van der Waals surface area contributed by atoms with Crippen LogP contribution >= 0.6 is 11.8 Å². The van der Waals surface area contributed by atoms with E-state index in [1.165, 1.54) is 11.8 Å². The molecule has 27 heavy (non-hydrogen) atoms. The van der Waals surface area contributed by atoms with Gasteiger partial charge in [-0.3, -0.25) is 4.79 Å². The van der Waals surface area contributed by atoms with Gasteiger partial charge in [0, 0.05) is 11.9 Å². The normalized spacial score (nSPS) is 13.6. The van der Waals surface area contributed by atoms with Crippen LogP contribution in [0.3, 0.4) is 0 Å². The van der Waals surface area contributed by atoms with E-state index >= 15 is 0 Å². The molecule has 1 aliphatic rings. The summed E-state index contributed by atoms with van der Waals surface area (Å²) in [4.78, 5) is 21.5.